The summed E-state index contributed by atoms with van der Waals surface area (Å²) >= 11 is 10.3. The lowest BCUT2D eigenvalue weighted by Gasteiger charge is -2.03. The smallest absolute Gasteiger partial charge is 0.203 e. The van der Waals surface area contributed by atoms with E-state index in [2.05, 4.69) is 15.9 Å². The first-order valence-electron chi connectivity index (χ1n) is 4.86. The molecule has 0 amide bonds. The Labute approximate surface area is 120 Å². The molecule has 94 valence electrons. The normalized spacial score (nSPS) is 10.4. The van der Waals surface area contributed by atoms with E-state index in [0.717, 1.165) is 6.07 Å². The Morgan fingerprint density at radius 2 is 2.17 bits per heavy atom. The van der Waals surface area contributed by atoms with Gasteiger partial charge in [-0.3, -0.25) is 4.79 Å². The molecule has 6 heteroatoms. The number of hydrogen-bond acceptors (Lipinski definition) is 3. The van der Waals surface area contributed by atoms with Crippen LogP contribution in [0.4, 0.5) is 4.39 Å². The van der Waals surface area contributed by atoms with Crippen LogP contribution in [0.15, 0.2) is 28.1 Å². The summed E-state index contributed by atoms with van der Waals surface area (Å²) in [6.45, 7) is 0. The molecular formula is C12H7BrClFO2S. The van der Waals surface area contributed by atoms with Crippen LogP contribution in [0, 0.1) is 5.82 Å². The van der Waals surface area contributed by atoms with Gasteiger partial charge < -0.3 is 4.74 Å². The van der Waals surface area contributed by atoms with Gasteiger partial charge in [-0.2, -0.15) is 0 Å². The zero-order chi connectivity index (χ0) is 13.3. The monoisotopic (exact) mass is 348 g/mol. The molecule has 0 saturated carbocycles. The van der Waals surface area contributed by atoms with Gasteiger partial charge in [-0.15, -0.1) is 11.3 Å². The zero-order valence-electron chi connectivity index (χ0n) is 9.17. The molecule has 0 saturated heterocycles. The standard InChI is InChI=1S/C12H7BrClFO2S/c1-17-9-3-2-6(4-8(9)15)11(16)10-5-7(14)12(13)18-10/h2-5H,1H3. The van der Waals surface area contributed by atoms with Crippen molar-refractivity contribution in [2.45, 2.75) is 0 Å². The van der Waals surface area contributed by atoms with Gasteiger partial charge in [0, 0.05) is 5.56 Å². The van der Waals surface area contributed by atoms with Gasteiger partial charge in [-0.25, -0.2) is 4.39 Å². The van der Waals surface area contributed by atoms with Gasteiger partial charge >= 0.3 is 0 Å². The predicted molar refractivity (Wildman–Crippen MR) is 73.4 cm³/mol. The maximum absolute atomic E-state index is 13.5. The van der Waals surface area contributed by atoms with Crippen molar-refractivity contribution in [2.24, 2.45) is 0 Å². The van der Waals surface area contributed by atoms with E-state index in [-0.39, 0.29) is 17.1 Å². The lowest BCUT2D eigenvalue weighted by Crippen LogP contribution is -2.00. The average molecular weight is 350 g/mol. The summed E-state index contributed by atoms with van der Waals surface area (Å²) < 4.78 is 19.0. The van der Waals surface area contributed by atoms with E-state index < -0.39 is 5.82 Å². The molecule has 0 radical (unpaired) electrons. The number of rotatable bonds is 3. The van der Waals surface area contributed by atoms with Crippen LogP contribution in [-0.2, 0) is 0 Å². The van der Waals surface area contributed by atoms with Crippen LogP contribution >= 0.6 is 38.9 Å². The van der Waals surface area contributed by atoms with Gasteiger partial charge in [0.2, 0.25) is 5.78 Å². The quantitative estimate of drug-likeness (QED) is 0.760. The Morgan fingerprint density at radius 3 is 2.67 bits per heavy atom. The zero-order valence-corrected chi connectivity index (χ0v) is 12.3. The highest BCUT2D eigenvalue weighted by Crippen LogP contribution is 2.33. The summed E-state index contributed by atoms with van der Waals surface area (Å²) in [6, 6.07) is 5.65. The largest absolute Gasteiger partial charge is 0.494 e. The average Bonchev–Trinajstić information content (AvgIpc) is 2.68. The first kappa shape index (κ1) is 13.5. The molecule has 0 atom stereocenters. The summed E-state index contributed by atoms with van der Waals surface area (Å²) in [5, 5.41) is 0.470. The molecule has 0 aliphatic heterocycles. The molecule has 0 bridgehead atoms. The van der Waals surface area contributed by atoms with Gasteiger partial charge in [-0.1, -0.05) is 11.6 Å². The number of ketones is 1. The minimum absolute atomic E-state index is 0.108. The van der Waals surface area contributed by atoms with E-state index >= 15 is 0 Å². The van der Waals surface area contributed by atoms with Crippen molar-refractivity contribution >= 4 is 44.7 Å². The summed E-state index contributed by atoms with van der Waals surface area (Å²) in [5.74, 6) is -0.726. The molecular weight excluding hydrogens is 343 g/mol. The minimum Gasteiger partial charge on any atom is -0.494 e. The van der Waals surface area contributed by atoms with Crippen LogP contribution in [0.5, 0.6) is 5.75 Å². The van der Waals surface area contributed by atoms with Crippen LogP contribution in [0.2, 0.25) is 5.02 Å². The predicted octanol–water partition coefficient (Wildman–Crippen LogP) is 4.54. The van der Waals surface area contributed by atoms with Gasteiger partial charge in [-0.05, 0) is 40.2 Å². The fraction of sp³-hybridized carbons (Fsp3) is 0.0833. The third kappa shape index (κ3) is 2.58. The number of benzene rings is 1. The second-order valence-electron chi connectivity index (χ2n) is 3.41. The molecule has 1 aromatic heterocycles. The molecule has 0 aliphatic rings. The highest BCUT2D eigenvalue weighted by molar-refractivity contribution is 9.11. The van der Waals surface area contributed by atoms with Crippen LogP contribution in [0.25, 0.3) is 0 Å². The number of carbonyl (C=O) groups is 1. The second kappa shape index (κ2) is 5.38. The molecule has 0 spiro atoms. The molecule has 18 heavy (non-hydrogen) atoms. The number of methoxy groups -OCH3 is 1. The molecule has 1 aromatic carbocycles. The van der Waals surface area contributed by atoms with E-state index in [1.807, 2.05) is 0 Å². The lowest BCUT2D eigenvalue weighted by atomic mass is 10.1. The Kier molecular flexibility index (Phi) is 4.04. The van der Waals surface area contributed by atoms with Crippen molar-refractivity contribution in [1.29, 1.82) is 0 Å². The van der Waals surface area contributed by atoms with E-state index in [9.17, 15) is 9.18 Å². The number of halogens is 3. The van der Waals surface area contributed by atoms with Crippen molar-refractivity contribution in [2.75, 3.05) is 7.11 Å². The Bertz CT molecular complexity index is 593. The molecule has 0 N–H and O–H groups in total. The summed E-state index contributed by atoms with van der Waals surface area (Å²) in [7, 11) is 1.37. The van der Waals surface area contributed by atoms with Gasteiger partial charge in [0.05, 0.1) is 20.8 Å². The first-order valence-corrected chi connectivity index (χ1v) is 6.84. The van der Waals surface area contributed by atoms with E-state index in [1.165, 1.54) is 30.6 Å². The van der Waals surface area contributed by atoms with Crippen molar-refractivity contribution in [3.63, 3.8) is 0 Å². The third-order valence-corrected chi connectivity index (χ3v) is 4.76. The Hall–Kier alpha value is -0.910. The number of carbonyl (C=O) groups excluding carboxylic acids is 1. The van der Waals surface area contributed by atoms with Gasteiger partial charge in [0.25, 0.3) is 0 Å². The Balaban J connectivity index is 2.37. The topological polar surface area (TPSA) is 26.3 Å². The van der Waals surface area contributed by atoms with Gasteiger partial charge in [0.15, 0.2) is 11.6 Å². The van der Waals surface area contributed by atoms with Crippen LogP contribution in [0.3, 0.4) is 0 Å². The molecule has 1 heterocycles. The molecule has 0 aliphatic carbocycles. The van der Waals surface area contributed by atoms with Crippen molar-refractivity contribution < 1.29 is 13.9 Å². The maximum Gasteiger partial charge on any atom is 0.203 e. The highest BCUT2D eigenvalue weighted by atomic mass is 79.9. The fourth-order valence-corrected chi connectivity index (χ4v) is 3.07. The van der Waals surface area contributed by atoms with E-state index in [4.69, 9.17) is 16.3 Å². The molecule has 2 aromatic rings. The van der Waals surface area contributed by atoms with Crippen molar-refractivity contribution in [3.8, 4) is 5.75 Å². The SMILES string of the molecule is COc1ccc(C(=O)c2cc(Cl)c(Br)s2)cc1F. The summed E-state index contributed by atoms with van der Waals surface area (Å²) in [5.41, 5.74) is 0.263. The van der Waals surface area contributed by atoms with E-state index in [1.54, 1.807) is 6.07 Å². The minimum atomic E-state index is -0.565. The van der Waals surface area contributed by atoms with Crippen LogP contribution < -0.4 is 4.74 Å². The fourth-order valence-electron chi connectivity index (χ4n) is 1.41. The molecule has 2 nitrogen and oxygen atoms in total. The molecule has 0 fully saturated rings. The molecule has 0 unspecified atom stereocenters. The van der Waals surface area contributed by atoms with E-state index in [0.29, 0.717) is 13.7 Å². The maximum atomic E-state index is 13.5. The second-order valence-corrected chi connectivity index (χ2v) is 6.19. The lowest BCUT2D eigenvalue weighted by molar-refractivity contribution is 0.104. The van der Waals surface area contributed by atoms with Crippen molar-refractivity contribution in [3.05, 3.63) is 49.3 Å². The number of thiophene rings is 1. The summed E-state index contributed by atoms with van der Waals surface area (Å²) in [4.78, 5) is 12.5. The number of hydrogen-bond donors (Lipinski definition) is 0. The molecule has 2 rings (SSSR count). The Morgan fingerprint density at radius 1 is 1.44 bits per heavy atom. The summed E-state index contributed by atoms with van der Waals surface area (Å²) in [6.07, 6.45) is 0. The third-order valence-electron chi connectivity index (χ3n) is 2.28. The van der Waals surface area contributed by atoms with Gasteiger partial charge in [0.1, 0.15) is 0 Å². The number of ether oxygens (including phenoxy) is 1. The highest BCUT2D eigenvalue weighted by Gasteiger charge is 2.16. The van der Waals surface area contributed by atoms with Crippen LogP contribution in [-0.4, -0.2) is 12.9 Å². The van der Waals surface area contributed by atoms with Crippen molar-refractivity contribution in [1.82, 2.24) is 0 Å². The first-order chi connectivity index (χ1) is 8.52. The van der Waals surface area contributed by atoms with Crippen LogP contribution in [0.1, 0.15) is 15.2 Å².